The van der Waals surface area contributed by atoms with Crippen molar-refractivity contribution in [2.24, 2.45) is 0 Å². The third-order valence-electron chi connectivity index (χ3n) is 3.35. The number of hydrogen-bond acceptors (Lipinski definition) is 6. The molecule has 0 bridgehead atoms. The molecule has 0 saturated heterocycles. The number of carbonyl (C=O) groups excluding carboxylic acids is 2. The number of H-pyrrole nitrogens is 1. The van der Waals surface area contributed by atoms with Gasteiger partial charge in [0, 0.05) is 25.6 Å². The summed E-state index contributed by atoms with van der Waals surface area (Å²) < 4.78 is 10.3. The van der Waals surface area contributed by atoms with Crippen LogP contribution in [-0.2, 0) is 4.79 Å². The van der Waals surface area contributed by atoms with Crippen LogP contribution in [0.3, 0.4) is 0 Å². The highest BCUT2D eigenvalue weighted by molar-refractivity contribution is 6.45. The van der Waals surface area contributed by atoms with Crippen LogP contribution in [0.15, 0.2) is 22.9 Å². The first kappa shape index (κ1) is 14.0. The molecule has 2 heterocycles. The van der Waals surface area contributed by atoms with E-state index in [-0.39, 0.29) is 5.56 Å². The number of rotatable bonds is 4. The highest BCUT2D eigenvalue weighted by atomic mass is 16.5. The quantitative estimate of drug-likeness (QED) is 0.586. The maximum atomic E-state index is 12.1. The number of carbonyl (C=O) groups is 2. The average Bonchev–Trinajstić information content (AvgIpc) is 3.12. The Morgan fingerprint density at radius 2 is 2.09 bits per heavy atom. The second-order valence-corrected chi connectivity index (χ2v) is 4.79. The van der Waals surface area contributed by atoms with Gasteiger partial charge in [0.25, 0.3) is 0 Å². The van der Waals surface area contributed by atoms with Crippen LogP contribution in [0.1, 0.15) is 23.2 Å². The number of aryl methyl sites for hydroxylation is 1. The largest absolute Gasteiger partial charge is 0.496 e. The Morgan fingerprint density at radius 3 is 2.68 bits per heavy atom. The van der Waals surface area contributed by atoms with E-state index >= 15 is 0 Å². The van der Waals surface area contributed by atoms with Gasteiger partial charge in [-0.15, -0.1) is 0 Å². The highest BCUT2D eigenvalue weighted by Gasteiger charge is 2.22. The lowest BCUT2D eigenvalue weighted by Gasteiger charge is -2.06. The zero-order chi connectivity index (χ0) is 15.9. The van der Waals surface area contributed by atoms with E-state index in [9.17, 15) is 9.59 Å². The molecule has 3 rings (SSSR count). The van der Waals surface area contributed by atoms with Crippen LogP contribution >= 0.6 is 0 Å². The molecule has 0 aliphatic carbocycles. The molecule has 0 amide bonds. The van der Waals surface area contributed by atoms with E-state index in [1.165, 1.54) is 20.2 Å². The lowest BCUT2D eigenvalue weighted by molar-refractivity contribution is -0.113. The maximum absolute atomic E-state index is 12.1. The second-order valence-electron chi connectivity index (χ2n) is 4.79. The highest BCUT2D eigenvalue weighted by Crippen LogP contribution is 2.35. The van der Waals surface area contributed by atoms with Gasteiger partial charge in [0.15, 0.2) is 5.78 Å². The Hall–Kier alpha value is -2.96. The summed E-state index contributed by atoms with van der Waals surface area (Å²) >= 11 is 0. The molecule has 0 saturated carbocycles. The van der Waals surface area contributed by atoms with Gasteiger partial charge in [-0.05, 0) is 12.1 Å². The Labute approximate surface area is 125 Å². The molecule has 2 aromatic heterocycles. The van der Waals surface area contributed by atoms with Crippen LogP contribution in [0, 0.1) is 6.92 Å². The molecule has 1 N–H and O–H groups in total. The van der Waals surface area contributed by atoms with Crippen molar-refractivity contribution in [3.05, 3.63) is 29.8 Å². The van der Waals surface area contributed by atoms with Gasteiger partial charge in [-0.3, -0.25) is 9.59 Å². The predicted molar refractivity (Wildman–Crippen MR) is 77.9 cm³/mol. The van der Waals surface area contributed by atoms with E-state index in [1.807, 2.05) is 0 Å². The summed E-state index contributed by atoms with van der Waals surface area (Å²) in [4.78, 5) is 30.7. The van der Waals surface area contributed by atoms with Crippen molar-refractivity contribution in [1.29, 1.82) is 0 Å². The van der Waals surface area contributed by atoms with E-state index in [4.69, 9.17) is 9.26 Å². The molecule has 0 atom stereocenters. The maximum Gasteiger partial charge on any atom is 0.230 e. The minimum Gasteiger partial charge on any atom is -0.496 e. The van der Waals surface area contributed by atoms with Crippen molar-refractivity contribution in [3.8, 4) is 17.1 Å². The Bertz CT molecular complexity index is 891. The van der Waals surface area contributed by atoms with Gasteiger partial charge in [0.2, 0.25) is 17.5 Å². The molecular weight excluding hydrogens is 286 g/mol. The van der Waals surface area contributed by atoms with Crippen molar-refractivity contribution in [2.45, 2.75) is 13.8 Å². The second kappa shape index (κ2) is 5.10. The van der Waals surface area contributed by atoms with E-state index in [2.05, 4.69) is 15.1 Å². The number of nitrogens with zero attached hydrogens (tertiary/aromatic N) is 2. The summed E-state index contributed by atoms with van der Waals surface area (Å²) in [6.45, 7) is 2.93. The Balaban J connectivity index is 2.30. The smallest absolute Gasteiger partial charge is 0.230 e. The molecule has 0 spiro atoms. The Kier molecular flexibility index (Phi) is 3.25. The monoisotopic (exact) mass is 299 g/mol. The van der Waals surface area contributed by atoms with Gasteiger partial charge in [0.05, 0.1) is 23.6 Å². The van der Waals surface area contributed by atoms with Crippen LogP contribution in [0.25, 0.3) is 22.3 Å². The third kappa shape index (κ3) is 2.07. The number of fused-ring (bicyclic) bond motifs is 1. The summed E-state index contributed by atoms with van der Waals surface area (Å²) in [6, 6.07) is 3.47. The summed E-state index contributed by atoms with van der Waals surface area (Å²) in [5, 5.41) is 4.41. The topological polar surface area (TPSA) is 98.1 Å². The fourth-order valence-electron chi connectivity index (χ4n) is 2.35. The summed E-state index contributed by atoms with van der Waals surface area (Å²) in [7, 11) is 1.50. The standard InChI is InChI=1S/C15H13N3O4/c1-7(19)14(20)10-6-16-13-9(15-17-8(2)22-18-15)4-5-11(21-3)12(10)13/h4-6,16H,1-3H3. The molecule has 3 aromatic rings. The van der Waals surface area contributed by atoms with E-state index < -0.39 is 11.6 Å². The lowest BCUT2D eigenvalue weighted by atomic mass is 10.0. The first-order valence-corrected chi connectivity index (χ1v) is 6.57. The molecule has 7 nitrogen and oxygen atoms in total. The fraction of sp³-hybridized carbons (Fsp3) is 0.200. The zero-order valence-electron chi connectivity index (χ0n) is 12.3. The molecule has 0 aliphatic rings. The lowest BCUT2D eigenvalue weighted by Crippen LogP contribution is -2.09. The molecular formula is C15H13N3O4. The number of aromatic nitrogens is 3. The first-order valence-electron chi connectivity index (χ1n) is 6.57. The molecule has 0 fully saturated rings. The number of ketones is 2. The van der Waals surface area contributed by atoms with Crippen molar-refractivity contribution in [3.63, 3.8) is 0 Å². The van der Waals surface area contributed by atoms with E-state index in [1.54, 1.807) is 19.1 Å². The minimum atomic E-state index is -0.578. The van der Waals surface area contributed by atoms with Crippen LogP contribution < -0.4 is 4.74 Å². The predicted octanol–water partition coefficient (Wildman–Crippen LogP) is 2.31. The van der Waals surface area contributed by atoms with Gasteiger partial charge < -0.3 is 14.2 Å². The first-order chi connectivity index (χ1) is 10.5. The van der Waals surface area contributed by atoms with Gasteiger partial charge in [-0.2, -0.15) is 4.98 Å². The van der Waals surface area contributed by atoms with E-state index in [0.717, 1.165) is 0 Å². The molecule has 0 aliphatic heterocycles. The number of nitrogens with one attached hydrogen (secondary N) is 1. The average molecular weight is 299 g/mol. The number of Topliss-reactive ketones (excluding diaryl/α,β-unsaturated/α-hetero) is 2. The van der Waals surface area contributed by atoms with Crippen molar-refractivity contribution in [2.75, 3.05) is 7.11 Å². The third-order valence-corrected chi connectivity index (χ3v) is 3.35. The van der Waals surface area contributed by atoms with Gasteiger partial charge in [0.1, 0.15) is 5.75 Å². The minimum absolute atomic E-state index is 0.265. The summed E-state index contributed by atoms with van der Waals surface area (Å²) in [5.74, 6) is 0.207. The molecule has 7 heteroatoms. The SMILES string of the molecule is COc1ccc(-c2noc(C)n2)c2[nH]cc(C(=O)C(C)=O)c12. The molecule has 112 valence electrons. The van der Waals surface area contributed by atoms with Gasteiger partial charge in [-0.25, -0.2) is 0 Å². The number of aromatic amines is 1. The summed E-state index contributed by atoms with van der Waals surface area (Å²) in [6.07, 6.45) is 1.49. The van der Waals surface area contributed by atoms with Crippen molar-refractivity contribution in [1.82, 2.24) is 15.1 Å². The van der Waals surface area contributed by atoms with Crippen molar-refractivity contribution < 1.29 is 18.8 Å². The van der Waals surface area contributed by atoms with Crippen LogP contribution in [-0.4, -0.2) is 33.8 Å². The fourth-order valence-corrected chi connectivity index (χ4v) is 2.35. The molecule has 1 aromatic carbocycles. The summed E-state index contributed by atoms with van der Waals surface area (Å²) in [5.41, 5.74) is 1.54. The number of hydrogen-bond donors (Lipinski definition) is 1. The van der Waals surface area contributed by atoms with Crippen molar-refractivity contribution >= 4 is 22.5 Å². The van der Waals surface area contributed by atoms with Crippen LogP contribution in [0.5, 0.6) is 5.75 Å². The van der Waals surface area contributed by atoms with Crippen LogP contribution in [0.2, 0.25) is 0 Å². The number of ether oxygens (including phenoxy) is 1. The molecule has 0 unspecified atom stereocenters. The normalized spacial score (nSPS) is 10.9. The zero-order valence-corrected chi connectivity index (χ0v) is 12.3. The molecule has 22 heavy (non-hydrogen) atoms. The van der Waals surface area contributed by atoms with E-state index in [0.29, 0.717) is 33.9 Å². The Morgan fingerprint density at radius 1 is 1.32 bits per heavy atom. The van der Waals surface area contributed by atoms with Gasteiger partial charge >= 0.3 is 0 Å². The van der Waals surface area contributed by atoms with Crippen LogP contribution in [0.4, 0.5) is 0 Å². The molecule has 0 radical (unpaired) electrons. The number of benzene rings is 1. The number of methoxy groups -OCH3 is 1. The van der Waals surface area contributed by atoms with Gasteiger partial charge in [-0.1, -0.05) is 5.16 Å².